The van der Waals surface area contributed by atoms with Gasteiger partial charge in [0, 0.05) is 37.2 Å². The Morgan fingerprint density at radius 1 is 1.00 bits per heavy atom. The van der Waals surface area contributed by atoms with Gasteiger partial charge < -0.3 is 16.0 Å². The monoisotopic (exact) mass is 379 g/mol. The van der Waals surface area contributed by atoms with Gasteiger partial charge in [0.05, 0.1) is 5.56 Å². The first kappa shape index (κ1) is 19.5. The summed E-state index contributed by atoms with van der Waals surface area (Å²) in [6, 6.07) is 6.89. The van der Waals surface area contributed by atoms with Gasteiger partial charge in [-0.3, -0.25) is 9.59 Å². The highest BCUT2D eigenvalue weighted by atomic mass is 16.2. The average molecular weight is 379 g/mol. The lowest BCUT2D eigenvalue weighted by Crippen LogP contribution is -2.14. The van der Waals surface area contributed by atoms with Crippen molar-refractivity contribution in [1.29, 1.82) is 0 Å². The first-order valence-electron chi connectivity index (χ1n) is 9.53. The molecule has 0 fully saturated rings. The van der Waals surface area contributed by atoms with Gasteiger partial charge in [-0.25, -0.2) is 9.97 Å². The average Bonchev–Trinajstić information content (AvgIpc) is 2.70. The van der Waals surface area contributed by atoms with E-state index in [9.17, 15) is 9.59 Å². The summed E-state index contributed by atoms with van der Waals surface area (Å²) < 4.78 is 0. The Kier molecular flexibility index (Phi) is 6.73. The molecule has 1 aliphatic rings. The van der Waals surface area contributed by atoms with Gasteiger partial charge in [-0.2, -0.15) is 0 Å². The molecular weight excluding hydrogens is 354 g/mol. The quantitative estimate of drug-likeness (QED) is 0.632. The highest BCUT2D eigenvalue weighted by molar-refractivity contribution is 6.04. The summed E-state index contributed by atoms with van der Waals surface area (Å²) in [7, 11) is 0. The van der Waals surface area contributed by atoms with E-state index in [1.54, 1.807) is 24.3 Å². The number of amides is 2. The summed E-state index contributed by atoms with van der Waals surface area (Å²) in [5.74, 6) is 0.0944. The van der Waals surface area contributed by atoms with Crippen LogP contribution in [0.1, 0.15) is 49.4 Å². The van der Waals surface area contributed by atoms with E-state index in [0.29, 0.717) is 22.9 Å². The Balaban J connectivity index is 1.49. The SMILES string of the molecule is CC(=O)Nc1ccc(NC(=O)c2cnc(NCCC3=CCCCC3)nc2)cc1. The van der Waals surface area contributed by atoms with Crippen molar-refractivity contribution in [2.75, 3.05) is 22.5 Å². The fraction of sp³-hybridized carbons (Fsp3) is 0.333. The summed E-state index contributed by atoms with van der Waals surface area (Å²) >= 11 is 0. The molecule has 0 radical (unpaired) electrons. The van der Waals surface area contributed by atoms with Crippen LogP contribution in [-0.2, 0) is 4.79 Å². The number of nitrogens with one attached hydrogen (secondary N) is 3. The van der Waals surface area contributed by atoms with E-state index >= 15 is 0 Å². The molecule has 7 heteroatoms. The van der Waals surface area contributed by atoms with Gasteiger partial charge in [0.2, 0.25) is 11.9 Å². The second-order valence-corrected chi connectivity index (χ2v) is 6.79. The van der Waals surface area contributed by atoms with E-state index in [0.717, 1.165) is 13.0 Å². The van der Waals surface area contributed by atoms with Crippen LogP contribution in [0.2, 0.25) is 0 Å². The minimum Gasteiger partial charge on any atom is -0.354 e. The van der Waals surface area contributed by atoms with E-state index in [-0.39, 0.29) is 11.8 Å². The Morgan fingerprint density at radius 3 is 2.29 bits per heavy atom. The standard InChI is InChI=1S/C21H25N5O2/c1-15(27)25-18-7-9-19(10-8-18)26-20(28)17-13-23-21(24-14-17)22-12-11-16-5-3-2-4-6-16/h5,7-10,13-14H,2-4,6,11-12H2,1H3,(H,25,27)(H,26,28)(H,22,23,24). The van der Waals surface area contributed by atoms with Crippen LogP contribution in [-0.4, -0.2) is 28.3 Å². The molecule has 0 unspecified atom stereocenters. The van der Waals surface area contributed by atoms with Crippen molar-refractivity contribution in [2.24, 2.45) is 0 Å². The fourth-order valence-electron chi connectivity index (χ4n) is 3.05. The van der Waals surface area contributed by atoms with Crippen molar-refractivity contribution in [2.45, 2.75) is 39.0 Å². The van der Waals surface area contributed by atoms with E-state index in [1.807, 2.05) is 0 Å². The van der Waals surface area contributed by atoms with Crippen LogP contribution < -0.4 is 16.0 Å². The van der Waals surface area contributed by atoms with E-state index in [2.05, 4.69) is 32.0 Å². The normalized spacial score (nSPS) is 13.4. The summed E-state index contributed by atoms with van der Waals surface area (Å²) in [4.78, 5) is 31.8. The topological polar surface area (TPSA) is 96.0 Å². The van der Waals surface area contributed by atoms with Crippen molar-refractivity contribution in [3.8, 4) is 0 Å². The smallest absolute Gasteiger partial charge is 0.258 e. The molecule has 1 aromatic heterocycles. The number of carbonyl (C=O) groups excluding carboxylic acids is 2. The molecule has 0 atom stereocenters. The third kappa shape index (κ3) is 5.90. The number of allylic oxidation sites excluding steroid dienone is 1. The van der Waals surface area contributed by atoms with Crippen LogP contribution >= 0.6 is 0 Å². The molecule has 1 aliphatic carbocycles. The lowest BCUT2D eigenvalue weighted by atomic mass is 9.97. The molecule has 2 aromatic rings. The lowest BCUT2D eigenvalue weighted by Gasteiger charge is -2.12. The van der Waals surface area contributed by atoms with Crippen molar-refractivity contribution < 1.29 is 9.59 Å². The zero-order valence-electron chi connectivity index (χ0n) is 16.0. The second-order valence-electron chi connectivity index (χ2n) is 6.79. The number of benzene rings is 1. The molecule has 2 amide bonds. The number of carbonyl (C=O) groups is 2. The van der Waals surface area contributed by atoms with Crippen LogP contribution in [0.3, 0.4) is 0 Å². The summed E-state index contributed by atoms with van der Waals surface area (Å²) in [5.41, 5.74) is 3.18. The van der Waals surface area contributed by atoms with Crippen molar-refractivity contribution in [1.82, 2.24) is 9.97 Å². The van der Waals surface area contributed by atoms with Gasteiger partial charge in [0.1, 0.15) is 0 Å². The molecule has 7 nitrogen and oxygen atoms in total. The number of nitrogens with zero attached hydrogens (tertiary/aromatic N) is 2. The maximum absolute atomic E-state index is 12.3. The van der Waals surface area contributed by atoms with Crippen LogP contribution in [0.5, 0.6) is 0 Å². The van der Waals surface area contributed by atoms with Crippen molar-refractivity contribution in [3.05, 3.63) is 53.9 Å². The number of hydrogen-bond acceptors (Lipinski definition) is 5. The van der Waals surface area contributed by atoms with Crippen molar-refractivity contribution >= 4 is 29.1 Å². The maximum Gasteiger partial charge on any atom is 0.258 e. The highest BCUT2D eigenvalue weighted by Crippen LogP contribution is 2.20. The summed E-state index contributed by atoms with van der Waals surface area (Å²) in [5, 5.41) is 8.66. The Hall–Kier alpha value is -3.22. The zero-order chi connectivity index (χ0) is 19.8. The first-order valence-corrected chi connectivity index (χ1v) is 9.53. The molecule has 1 heterocycles. The maximum atomic E-state index is 12.3. The molecule has 0 bridgehead atoms. The first-order chi connectivity index (χ1) is 13.6. The van der Waals surface area contributed by atoms with Crippen LogP contribution in [0.4, 0.5) is 17.3 Å². The molecule has 3 N–H and O–H groups in total. The Bertz CT molecular complexity index is 844. The molecule has 3 rings (SSSR count). The minimum absolute atomic E-state index is 0.141. The van der Waals surface area contributed by atoms with Crippen LogP contribution in [0.15, 0.2) is 48.3 Å². The Labute approximate surface area is 164 Å². The molecule has 146 valence electrons. The number of hydrogen-bond donors (Lipinski definition) is 3. The molecule has 0 aliphatic heterocycles. The van der Waals surface area contributed by atoms with Gasteiger partial charge in [-0.05, 0) is 56.4 Å². The third-order valence-electron chi connectivity index (χ3n) is 4.49. The largest absolute Gasteiger partial charge is 0.354 e. The van der Waals surface area contributed by atoms with E-state index < -0.39 is 0 Å². The Morgan fingerprint density at radius 2 is 1.68 bits per heavy atom. The van der Waals surface area contributed by atoms with Crippen LogP contribution in [0, 0.1) is 0 Å². The molecule has 0 saturated heterocycles. The predicted molar refractivity (Wildman–Crippen MR) is 110 cm³/mol. The number of anilines is 3. The molecule has 1 aromatic carbocycles. The highest BCUT2D eigenvalue weighted by Gasteiger charge is 2.09. The summed E-state index contributed by atoms with van der Waals surface area (Å²) in [6.45, 7) is 2.24. The minimum atomic E-state index is -0.286. The lowest BCUT2D eigenvalue weighted by molar-refractivity contribution is -0.114. The van der Waals surface area contributed by atoms with Gasteiger partial charge in [-0.15, -0.1) is 0 Å². The van der Waals surface area contributed by atoms with Crippen LogP contribution in [0.25, 0.3) is 0 Å². The molecular formula is C21H25N5O2. The van der Waals surface area contributed by atoms with Gasteiger partial charge in [-0.1, -0.05) is 11.6 Å². The van der Waals surface area contributed by atoms with Gasteiger partial charge in [0.25, 0.3) is 5.91 Å². The molecule has 0 spiro atoms. The number of rotatable bonds is 7. The zero-order valence-corrected chi connectivity index (χ0v) is 16.0. The second kappa shape index (κ2) is 9.64. The van der Waals surface area contributed by atoms with Gasteiger partial charge >= 0.3 is 0 Å². The molecule has 28 heavy (non-hydrogen) atoms. The van der Waals surface area contributed by atoms with E-state index in [4.69, 9.17) is 0 Å². The summed E-state index contributed by atoms with van der Waals surface area (Å²) in [6.07, 6.45) is 11.3. The third-order valence-corrected chi connectivity index (χ3v) is 4.49. The van der Waals surface area contributed by atoms with E-state index in [1.165, 1.54) is 50.6 Å². The predicted octanol–water partition coefficient (Wildman–Crippen LogP) is 3.99. The molecule has 0 saturated carbocycles. The number of aromatic nitrogens is 2. The van der Waals surface area contributed by atoms with Crippen molar-refractivity contribution in [3.63, 3.8) is 0 Å². The van der Waals surface area contributed by atoms with Gasteiger partial charge in [0.15, 0.2) is 0 Å². The fourth-order valence-corrected chi connectivity index (χ4v) is 3.05.